The van der Waals surface area contributed by atoms with E-state index in [1.807, 2.05) is 0 Å². The summed E-state index contributed by atoms with van der Waals surface area (Å²) in [5, 5.41) is 17.9. The van der Waals surface area contributed by atoms with E-state index < -0.39 is 12.1 Å². The SMILES string of the molecule is O=C(O)CC(O)c1ccccc1Br. The number of benzene rings is 1. The van der Waals surface area contributed by atoms with Crippen LogP contribution >= 0.6 is 15.9 Å². The van der Waals surface area contributed by atoms with E-state index in [1.54, 1.807) is 24.3 Å². The molecule has 0 saturated heterocycles. The molecule has 0 aliphatic heterocycles. The van der Waals surface area contributed by atoms with Gasteiger partial charge in [0.2, 0.25) is 0 Å². The highest BCUT2D eigenvalue weighted by Gasteiger charge is 2.13. The fourth-order valence-electron chi connectivity index (χ4n) is 1.02. The van der Waals surface area contributed by atoms with Crippen molar-refractivity contribution >= 4 is 21.9 Å². The maximum absolute atomic E-state index is 10.3. The molecule has 0 heterocycles. The third-order valence-corrected chi connectivity index (χ3v) is 2.35. The largest absolute Gasteiger partial charge is 0.481 e. The zero-order chi connectivity index (χ0) is 9.84. The van der Waals surface area contributed by atoms with Crippen molar-refractivity contribution in [3.05, 3.63) is 34.3 Å². The monoisotopic (exact) mass is 244 g/mol. The Kier molecular flexibility index (Phi) is 3.45. The lowest BCUT2D eigenvalue weighted by atomic mass is 10.1. The van der Waals surface area contributed by atoms with Gasteiger partial charge in [-0.25, -0.2) is 0 Å². The van der Waals surface area contributed by atoms with Gasteiger partial charge in [0.25, 0.3) is 0 Å². The molecule has 1 unspecified atom stereocenters. The van der Waals surface area contributed by atoms with Crippen LogP contribution in [0.3, 0.4) is 0 Å². The Balaban J connectivity index is 2.82. The van der Waals surface area contributed by atoms with Gasteiger partial charge in [-0.3, -0.25) is 4.79 Å². The average Bonchev–Trinajstić information content (AvgIpc) is 2.03. The molecule has 1 atom stereocenters. The Hall–Kier alpha value is -0.870. The van der Waals surface area contributed by atoms with Crippen LogP contribution in [0.1, 0.15) is 18.1 Å². The van der Waals surface area contributed by atoms with Crippen molar-refractivity contribution in [1.82, 2.24) is 0 Å². The normalized spacial score (nSPS) is 12.5. The van der Waals surface area contributed by atoms with Crippen LogP contribution in [-0.2, 0) is 4.79 Å². The van der Waals surface area contributed by atoms with Gasteiger partial charge in [0.15, 0.2) is 0 Å². The summed E-state index contributed by atoms with van der Waals surface area (Å²) >= 11 is 3.23. The van der Waals surface area contributed by atoms with Gasteiger partial charge in [0.05, 0.1) is 12.5 Å². The predicted octanol–water partition coefficient (Wildman–Crippen LogP) is 1.96. The molecule has 2 N–H and O–H groups in total. The number of aliphatic hydroxyl groups is 1. The van der Waals surface area contributed by atoms with E-state index in [0.717, 1.165) is 4.47 Å². The minimum atomic E-state index is -1.01. The molecule has 0 aliphatic carbocycles. The van der Waals surface area contributed by atoms with Gasteiger partial charge in [-0.1, -0.05) is 34.1 Å². The number of carboxylic acids is 1. The summed E-state index contributed by atoms with van der Waals surface area (Å²) in [6, 6.07) is 7.02. The highest BCUT2D eigenvalue weighted by Crippen LogP contribution is 2.24. The zero-order valence-electron chi connectivity index (χ0n) is 6.77. The number of carboxylic acid groups (broad SMARTS) is 1. The van der Waals surface area contributed by atoms with Crippen molar-refractivity contribution < 1.29 is 15.0 Å². The molecule has 1 aromatic carbocycles. The molecular weight excluding hydrogens is 236 g/mol. The first-order valence-electron chi connectivity index (χ1n) is 3.75. The number of carbonyl (C=O) groups is 1. The molecule has 70 valence electrons. The van der Waals surface area contributed by atoms with Gasteiger partial charge >= 0.3 is 5.97 Å². The van der Waals surface area contributed by atoms with Crippen molar-refractivity contribution in [3.63, 3.8) is 0 Å². The third-order valence-electron chi connectivity index (χ3n) is 1.63. The van der Waals surface area contributed by atoms with Crippen LogP contribution in [-0.4, -0.2) is 16.2 Å². The van der Waals surface area contributed by atoms with Crippen molar-refractivity contribution in [2.75, 3.05) is 0 Å². The van der Waals surface area contributed by atoms with Gasteiger partial charge < -0.3 is 10.2 Å². The lowest BCUT2D eigenvalue weighted by Crippen LogP contribution is -2.05. The molecule has 0 fully saturated rings. The Morgan fingerprint density at radius 2 is 2.08 bits per heavy atom. The second kappa shape index (κ2) is 4.39. The lowest BCUT2D eigenvalue weighted by molar-refractivity contribution is -0.139. The van der Waals surface area contributed by atoms with Gasteiger partial charge in [0, 0.05) is 4.47 Å². The molecule has 1 aromatic rings. The van der Waals surface area contributed by atoms with E-state index in [0.29, 0.717) is 5.56 Å². The molecule has 0 spiro atoms. The number of hydrogen-bond donors (Lipinski definition) is 2. The molecule has 0 aromatic heterocycles. The van der Waals surface area contributed by atoms with Gasteiger partial charge in [-0.05, 0) is 11.6 Å². The summed E-state index contributed by atoms with van der Waals surface area (Å²) in [6.45, 7) is 0. The molecule has 1 rings (SSSR count). The van der Waals surface area contributed by atoms with E-state index >= 15 is 0 Å². The fraction of sp³-hybridized carbons (Fsp3) is 0.222. The third kappa shape index (κ3) is 2.82. The van der Waals surface area contributed by atoms with Crippen molar-refractivity contribution in [2.45, 2.75) is 12.5 Å². The Bertz CT molecular complexity index is 311. The number of rotatable bonds is 3. The van der Waals surface area contributed by atoms with Crippen LogP contribution in [0.25, 0.3) is 0 Å². The van der Waals surface area contributed by atoms with Crippen molar-refractivity contribution in [2.24, 2.45) is 0 Å². The molecule has 13 heavy (non-hydrogen) atoms. The molecule has 0 bridgehead atoms. The summed E-state index contributed by atoms with van der Waals surface area (Å²) in [6.07, 6.45) is -1.23. The van der Waals surface area contributed by atoms with Crippen LogP contribution in [0.15, 0.2) is 28.7 Å². The summed E-state index contributed by atoms with van der Waals surface area (Å²) in [7, 11) is 0. The molecule has 4 heteroatoms. The fourth-order valence-corrected chi connectivity index (χ4v) is 1.57. The quantitative estimate of drug-likeness (QED) is 0.855. The first-order valence-corrected chi connectivity index (χ1v) is 4.55. The van der Waals surface area contributed by atoms with E-state index in [-0.39, 0.29) is 6.42 Å². The van der Waals surface area contributed by atoms with E-state index in [4.69, 9.17) is 5.11 Å². The molecular formula is C9H9BrO3. The summed E-state index contributed by atoms with van der Waals surface area (Å²) in [5.41, 5.74) is 0.602. The summed E-state index contributed by atoms with van der Waals surface area (Å²) in [5.74, 6) is -1.01. The topological polar surface area (TPSA) is 57.5 Å². The van der Waals surface area contributed by atoms with Crippen molar-refractivity contribution in [3.8, 4) is 0 Å². The maximum Gasteiger partial charge on any atom is 0.306 e. The first kappa shape index (κ1) is 10.2. The molecule has 0 saturated carbocycles. The molecule has 0 aliphatic rings. The van der Waals surface area contributed by atoms with Crippen LogP contribution in [0.2, 0.25) is 0 Å². The molecule has 0 amide bonds. The number of hydrogen-bond acceptors (Lipinski definition) is 2. The van der Waals surface area contributed by atoms with Gasteiger partial charge in [-0.2, -0.15) is 0 Å². The highest BCUT2D eigenvalue weighted by molar-refractivity contribution is 9.10. The number of aliphatic hydroxyl groups excluding tert-OH is 1. The van der Waals surface area contributed by atoms with Crippen LogP contribution < -0.4 is 0 Å². The van der Waals surface area contributed by atoms with Crippen LogP contribution in [0, 0.1) is 0 Å². The minimum absolute atomic E-state index is 0.275. The van der Waals surface area contributed by atoms with Gasteiger partial charge in [0.1, 0.15) is 0 Å². The standard InChI is InChI=1S/C9H9BrO3/c10-7-4-2-1-3-6(7)8(11)5-9(12)13/h1-4,8,11H,5H2,(H,12,13). The maximum atomic E-state index is 10.3. The minimum Gasteiger partial charge on any atom is -0.481 e. The second-order valence-corrected chi connectivity index (χ2v) is 3.49. The summed E-state index contributed by atoms with van der Waals surface area (Å²) in [4.78, 5) is 10.3. The van der Waals surface area contributed by atoms with Crippen LogP contribution in [0.4, 0.5) is 0 Å². The average molecular weight is 245 g/mol. The smallest absolute Gasteiger partial charge is 0.306 e. The zero-order valence-corrected chi connectivity index (χ0v) is 8.36. The number of halogens is 1. The second-order valence-electron chi connectivity index (χ2n) is 2.64. The van der Waals surface area contributed by atoms with E-state index in [1.165, 1.54) is 0 Å². The summed E-state index contributed by atoms with van der Waals surface area (Å²) < 4.78 is 0.726. The predicted molar refractivity (Wildman–Crippen MR) is 51.4 cm³/mol. The Morgan fingerprint density at radius 1 is 1.46 bits per heavy atom. The Morgan fingerprint density at radius 3 is 2.62 bits per heavy atom. The van der Waals surface area contributed by atoms with Gasteiger partial charge in [-0.15, -0.1) is 0 Å². The molecule has 0 radical (unpaired) electrons. The molecule has 3 nitrogen and oxygen atoms in total. The van der Waals surface area contributed by atoms with E-state index in [9.17, 15) is 9.90 Å². The highest BCUT2D eigenvalue weighted by atomic mass is 79.9. The first-order chi connectivity index (χ1) is 6.11. The van der Waals surface area contributed by atoms with E-state index in [2.05, 4.69) is 15.9 Å². The van der Waals surface area contributed by atoms with Crippen LogP contribution in [0.5, 0.6) is 0 Å². The lowest BCUT2D eigenvalue weighted by Gasteiger charge is -2.09. The van der Waals surface area contributed by atoms with Crippen molar-refractivity contribution in [1.29, 1.82) is 0 Å². The Labute approximate surface area is 84.1 Å². The number of aliphatic carboxylic acids is 1.